The minimum absolute atomic E-state index is 0.00104. The van der Waals surface area contributed by atoms with E-state index in [4.69, 9.17) is 4.42 Å². The van der Waals surface area contributed by atoms with E-state index in [1.54, 1.807) is 0 Å². The first kappa shape index (κ1) is 85.7. The van der Waals surface area contributed by atoms with Crippen LogP contribution < -0.4 is 0 Å². The van der Waals surface area contributed by atoms with Crippen molar-refractivity contribution in [2.45, 2.75) is 131 Å². The van der Waals surface area contributed by atoms with Crippen molar-refractivity contribution in [1.82, 2.24) is 32.0 Å². The highest BCUT2D eigenvalue weighted by molar-refractivity contribution is 7.25. The number of aromatic nitrogens is 7. The summed E-state index contributed by atoms with van der Waals surface area (Å²) in [7, 11) is 0. The summed E-state index contributed by atoms with van der Waals surface area (Å²) in [5, 5.41) is 23.4. The fourth-order valence-corrected chi connectivity index (χ4v) is 23.0. The van der Waals surface area contributed by atoms with Crippen molar-refractivity contribution >= 4 is 206 Å². The topological polar surface area (TPSA) is 47.6 Å². The van der Waals surface area contributed by atoms with Crippen LogP contribution in [0.25, 0.3) is 218 Å². The van der Waals surface area contributed by atoms with Crippen LogP contribution in [-0.2, 0) is 27.4 Å². The maximum Gasteiger partial charge on any atom is 0.137 e. The molecule has 0 spiro atoms. The highest BCUT2D eigenvalue weighted by atomic mass is 32.1. The fraction of sp³-hybridized carbons (Fsp3) is 0.156. The Morgan fingerprint density at radius 1 is 0.168 bits per heavy atom. The van der Waals surface area contributed by atoms with Gasteiger partial charge in [-0.15, -0.1) is 11.3 Å². The second-order valence-corrected chi connectivity index (χ2v) is 43.0. The van der Waals surface area contributed by atoms with Gasteiger partial charge in [0, 0.05) is 168 Å². The van der Waals surface area contributed by atoms with E-state index in [1.807, 2.05) is 23.5 Å². The first-order chi connectivity index (χ1) is 66.2. The second-order valence-electron chi connectivity index (χ2n) is 42.0. The molecule has 137 heavy (non-hydrogen) atoms. The van der Waals surface area contributed by atoms with E-state index in [1.165, 1.54) is 217 Å². The zero-order chi connectivity index (χ0) is 93.9. The Morgan fingerprint density at radius 2 is 0.445 bits per heavy atom. The molecule has 0 saturated heterocycles. The average molecular weight is 1800 g/mol. The summed E-state index contributed by atoms with van der Waals surface area (Å²) in [4.78, 5) is 0. The molecule has 0 aliphatic heterocycles. The standard InChI is InChI=1S/C34H28N2.C28H24N2.C22H19NO.C22H19NS.C22H21N/c1-34(2,3)23-16-18-24(19-17-23)35-32-15-9-6-12-28(32)29-22-25(20-21-33(29)35)36-30-13-7-4-10-26(30)27-11-5-8-14-31(27)36;1-28(2,3)30-25-16-10-8-14-21(25)23-17-22-20-13-7-9-15-24(20)29(26(22)18-27(23)30)19-11-5-4-6-12-19;2*1-22(2,3)23-18-10-6-4-8-14(18)16-12-17-15-9-5-7-11-20(15)24-21(17)13-19(16)23;1-22(2,3)16-12-14-17(15-13-16)23-20-10-6-4-8-18(20)19-9-5-7-11-21(19)23/h4-22H,1-3H3;4-18H,1-3H3;2*4-13H,1-3H3;4-15H,1-3H3. The molecule has 9 heteroatoms. The summed E-state index contributed by atoms with van der Waals surface area (Å²) >= 11 is 1.89. The van der Waals surface area contributed by atoms with E-state index in [0.717, 1.165) is 11.2 Å². The van der Waals surface area contributed by atoms with Crippen LogP contribution in [0, 0.1) is 0 Å². The van der Waals surface area contributed by atoms with Crippen molar-refractivity contribution < 1.29 is 4.42 Å². The molecule has 0 amide bonds. The molecule has 0 N–H and O–H groups in total. The number of thiophene rings is 1. The average Bonchev–Trinajstić information content (AvgIpc) is 1.57. The molecular formula is C128H111N7OS. The van der Waals surface area contributed by atoms with Crippen LogP contribution in [0.4, 0.5) is 0 Å². The lowest BCUT2D eigenvalue weighted by Gasteiger charge is -2.24. The summed E-state index contributed by atoms with van der Waals surface area (Å²) < 4.78 is 25.8. The maximum atomic E-state index is 6.11. The van der Waals surface area contributed by atoms with Crippen molar-refractivity contribution in [3.63, 3.8) is 0 Å². The van der Waals surface area contributed by atoms with Crippen molar-refractivity contribution in [2.24, 2.45) is 0 Å². The molecule has 0 saturated carbocycles. The zero-order valence-electron chi connectivity index (χ0n) is 80.6. The van der Waals surface area contributed by atoms with Gasteiger partial charge in [0.25, 0.3) is 0 Å². The molecule has 27 aromatic rings. The highest BCUT2D eigenvalue weighted by Crippen LogP contribution is 2.47. The Hall–Kier alpha value is -15.4. The van der Waals surface area contributed by atoms with E-state index in [-0.39, 0.29) is 27.4 Å². The van der Waals surface area contributed by atoms with Gasteiger partial charge in [-0.2, -0.15) is 0 Å². The van der Waals surface area contributed by atoms with E-state index in [2.05, 4.69) is 524 Å². The predicted molar refractivity (Wildman–Crippen MR) is 591 cm³/mol. The second kappa shape index (κ2) is 32.7. The molecule has 0 aliphatic carbocycles. The molecule has 0 aliphatic rings. The highest BCUT2D eigenvalue weighted by Gasteiger charge is 2.28. The third-order valence-electron chi connectivity index (χ3n) is 27.9. The number of hydrogen-bond acceptors (Lipinski definition) is 2. The molecule has 8 nitrogen and oxygen atoms in total. The number of rotatable bonds is 4. The lowest BCUT2D eigenvalue weighted by atomic mass is 9.87. The molecule has 670 valence electrons. The largest absolute Gasteiger partial charge is 0.456 e. The summed E-state index contributed by atoms with van der Waals surface area (Å²) in [6.45, 7) is 34.0. The number of benzene rings is 18. The van der Waals surface area contributed by atoms with Gasteiger partial charge >= 0.3 is 0 Å². The molecule has 0 radical (unpaired) electrons. The summed E-state index contributed by atoms with van der Waals surface area (Å²) in [5.74, 6) is 0. The van der Waals surface area contributed by atoms with Gasteiger partial charge in [-0.05, 0) is 236 Å². The SMILES string of the molecule is CC(C)(C)c1ccc(-n2c3ccccc3c3cc(-n4c5ccccc5c5ccccc54)ccc32)cc1.CC(C)(C)c1ccc(-n2c3ccccc3c3ccccc32)cc1.CC(C)(C)n1c2ccccc2c2cc3c(cc21)oc1ccccc13.CC(C)(C)n1c2ccccc2c2cc3c(cc21)sc1ccccc13.CC(C)(C)n1c2ccccc2c2cc3c4ccccc4n(-c4ccccc4)c3cc21. The van der Waals surface area contributed by atoms with Crippen LogP contribution in [0.15, 0.2) is 405 Å². The predicted octanol–water partition coefficient (Wildman–Crippen LogP) is 36.3. The number of hydrogen-bond donors (Lipinski definition) is 0. The lowest BCUT2D eigenvalue weighted by molar-refractivity contribution is 0.423. The molecule has 9 heterocycles. The maximum absolute atomic E-state index is 6.11. The molecule has 0 fully saturated rings. The van der Waals surface area contributed by atoms with Crippen molar-refractivity contribution in [3.8, 4) is 22.7 Å². The normalized spacial score (nSPS) is 12.5. The van der Waals surface area contributed by atoms with Gasteiger partial charge in [0.2, 0.25) is 0 Å². The van der Waals surface area contributed by atoms with Gasteiger partial charge in [0.15, 0.2) is 0 Å². The third-order valence-corrected chi connectivity index (χ3v) is 29.0. The lowest BCUT2D eigenvalue weighted by Crippen LogP contribution is -2.21. The Labute approximate surface area is 802 Å². The Balaban J connectivity index is 0.0000000972. The zero-order valence-corrected chi connectivity index (χ0v) is 81.4. The number of nitrogens with zero attached hydrogens (tertiary/aromatic N) is 7. The van der Waals surface area contributed by atoms with Crippen LogP contribution >= 0.6 is 11.3 Å². The molecule has 9 aromatic heterocycles. The molecule has 18 aromatic carbocycles. The minimum atomic E-state index is -0.0153. The van der Waals surface area contributed by atoms with Crippen LogP contribution in [0.3, 0.4) is 0 Å². The first-order valence-electron chi connectivity index (χ1n) is 48.1. The fourth-order valence-electron chi connectivity index (χ4n) is 21.8. The van der Waals surface area contributed by atoms with Crippen LogP contribution in [-0.4, -0.2) is 32.0 Å². The van der Waals surface area contributed by atoms with E-state index in [9.17, 15) is 0 Å². The van der Waals surface area contributed by atoms with E-state index < -0.39 is 0 Å². The summed E-state index contributed by atoms with van der Waals surface area (Å²) in [5.41, 5.74) is 27.5. The van der Waals surface area contributed by atoms with Crippen LogP contribution in [0.1, 0.15) is 115 Å². The monoisotopic (exact) mass is 1790 g/mol. The molecule has 0 bridgehead atoms. The van der Waals surface area contributed by atoms with Gasteiger partial charge in [-0.25, -0.2) is 0 Å². The van der Waals surface area contributed by atoms with Gasteiger partial charge in [-0.3, -0.25) is 0 Å². The van der Waals surface area contributed by atoms with Crippen LogP contribution in [0.2, 0.25) is 0 Å². The van der Waals surface area contributed by atoms with E-state index >= 15 is 0 Å². The van der Waals surface area contributed by atoms with Gasteiger partial charge in [0.05, 0.1) is 60.7 Å². The van der Waals surface area contributed by atoms with Gasteiger partial charge in [0.1, 0.15) is 11.2 Å². The number of fused-ring (bicyclic) bond motifs is 27. The van der Waals surface area contributed by atoms with Gasteiger partial charge < -0.3 is 36.4 Å². The van der Waals surface area contributed by atoms with Crippen molar-refractivity contribution in [2.75, 3.05) is 0 Å². The molecule has 0 unspecified atom stereocenters. The quantitative estimate of drug-likeness (QED) is 0.173. The first-order valence-corrected chi connectivity index (χ1v) is 48.9. The van der Waals surface area contributed by atoms with Crippen molar-refractivity contribution in [1.29, 1.82) is 0 Å². The van der Waals surface area contributed by atoms with Crippen molar-refractivity contribution in [3.05, 3.63) is 412 Å². The summed E-state index contributed by atoms with van der Waals surface area (Å²) in [6.07, 6.45) is 0. The van der Waals surface area contributed by atoms with E-state index in [0.29, 0.717) is 0 Å². The smallest absolute Gasteiger partial charge is 0.137 e. The molecule has 27 rings (SSSR count). The number of para-hydroxylation sites is 11. The Kier molecular flexibility index (Phi) is 20.5. The third kappa shape index (κ3) is 14.6. The van der Waals surface area contributed by atoms with Crippen LogP contribution in [0.5, 0.6) is 0 Å². The molecular weight excluding hydrogens is 1680 g/mol. The summed E-state index contributed by atoms with van der Waals surface area (Å²) in [6, 6.07) is 145. The Bertz CT molecular complexity index is 9110. The Morgan fingerprint density at radius 3 is 0.854 bits per heavy atom. The number of furan rings is 1. The van der Waals surface area contributed by atoms with Gasteiger partial charge in [-0.1, -0.05) is 284 Å². The molecule has 0 atom stereocenters. The minimum Gasteiger partial charge on any atom is -0.456 e.